The van der Waals surface area contributed by atoms with Crippen molar-refractivity contribution in [3.8, 4) is 6.07 Å². The van der Waals surface area contributed by atoms with E-state index in [1.54, 1.807) is 0 Å². The predicted octanol–water partition coefficient (Wildman–Crippen LogP) is 3.75. The summed E-state index contributed by atoms with van der Waals surface area (Å²) in [5, 5.41) is 17.3. The predicted molar refractivity (Wildman–Crippen MR) is 104 cm³/mol. The van der Waals surface area contributed by atoms with Crippen molar-refractivity contribution in [2.45, 2.75) is 6.04 Å². The first kappa shape index (κ1) is 23.3. The molecule has 2 aliphatic rings. The third-order valence-electron chi connectivity index (χ3n) is 3.53. The molecule has 1 aromatic carbocycles. The normalized spacial score (nSPS) is 20.9. The van der Waals surface area contributed by atoms with Crippen LogP contribution in [0.4, 0.5) is 0 Å². The Hall–Kier alpha value is -1.73. The van der Waals surface area contributed by atoms with Gasteiger partial charge >= 0.3 is 0 Å². The van der Waals surface area contributed by atoms with E-state index in [1.165, 1.54) is 29.5 Å². The summed E-state index contributed by atoms with van der Waals surface area (Å²) in [6, 6.07) is 12.7. The van der Waals surface area contributed by atoms with Gasteiger partial charge in [-0.2, -0.15) is 41.1 Å². The van der Waals surface area contributed by atoms with Crippen molar-refractivity contribution in [1.82, 2.24) is 0 Å². The molecular formula is C20H21N3NiS-4. The summed E-state index contributed by atoms with van der Waals surface area (Å²) >= 11 is 1.95. The van der Waals surface area contributed by atoms with E-state index in [0.29, 0.717) is 17.5 Å². The largest absolute Gasteiger partial charge is 0.872 e. The summed E-state index contributed by atoms with van der Waals surface area (Å²) in [5.74, 6) is 2.84. The monoisotopic (exact) mass is 393 g/mol. The minimum absolute atomic E-state index is 0. The van der Waals surface area contributed by atoms with Gasteiger partial charge in [-0.1, -0.05) is 12.1 Å². The molecule has 1 fully saturated rings. The fourth-order valence-electron chi connectivity index (χ4n) is 2.19. The van der Waals surface area contributed by atoms with Gasteiger partial charge in [0.2, 0.25) is 0 Å². The van der Waals surface area contributed by atoms with Gasteiger partial charge in [0.05, 0.1) is 6.07 Å². The second-order valence-corrected chi connectivity index (χ2v) is 6.40. The Balaban J connectivity index is 0.000000440. The zero-order chi connectivity index (χ0) is 16.7. The fourth-order valence-corrected chi connectivity index (χ4v) is 3.47. The van der Waals surface area contributed by atoms with E-state index in [2.05, 4.69) is 30.7 Å². The number of nitriles is 1. The summed E-state index contributed by atoms with van der Waals surface area (Å²) in [6.07, 6.45) is 6.62. The van der Waals surface area contributed by atoms with E-state index < -0.39 is 0 Å². The molecule has 1 saturated heterocycles. The Labute approximate surface area is 165 Å². The Kier molecular flexibility index (Phi) is 11.0. The average Bonchev–Trinajstić information content (AvgIpc) is 2.97. The molecule has 1 aliphatic carbocycles. The number of hydrogen-bond acceptors (Lipinski definition) is 3. The Morgan fingerprint density at radius 2 is 1.92 bits per heavy atom. The van der Waals surface area contributed by atoms with Crippen LogP contribution >= 0.6 is 11.8 Å². The van der Waals surface area contributed by atoms with Crippen LogP contribution in [0.15, 0.2) is 59.7 Å². The summed E-state index contributed by atoms with van der Waals surface area (Å²) in [4.78, 5) is 0. The van der Waals surface area contributed by atoms with Crippen molar-refractivity contribution in [1.29, 1.82) is 5.26 Å². The van der Waals surface area contributed by atoms with Crippen molar-refractivity contribution in [3.05, 3.63) is 91.1 Å². The zero-order valence-corrected chi connectivity index (χ0v) is 15.8. The molecule has 3 nitrogen and oxygen atoms in total. The summed E-state index contributed by atoms with van der Waals surface area (Å²) in [7, 11) is 0. The number of hydrogen-bond donors (Lipinski definition) is 1. The van der Waals surface area contributed by atoms with Crippen LogP contribution in [0.1, 0.15) is 5.56 Å². The van der Waals surface area contributed by atoms with E-state index in [1.807, 2.05) is 23.9 Å². The van der Waals surface area contributed by atoms with E-state index in [9.17, 15) is 0 Å². The number of nitrogens with two attached hydrogens (primary N) is 1. The molecule has 0 aromatic heterocycles. The SMILES string of the molecule is N[C@H]1CSCC1[CH-]c1ccccc1.[CH-]=C1C=C(C#N)C=CC1=[N-].[CH3-].[Ni]. The van der Waals surface area contributed by atoms with Crippen LogP contribution in [-0.4, -0.2) is 23.3 Å². The van der Waals surface area contributed by atoms with E-state index in [0.717, 1.165) is 5.75 Å². The van der Waals surface area contributed by atoms with Gasteiger partial charge < -0.3 is 18.6 Å². The maximum Gasteiger partial charge on any atom is 0.0856 e. The van der Waals surface area contributed by atoms with Gasteiger partial charge in [0.1, 0.15) is 0 Å². The van der Waals surface area contributed by atoms with Crippen molar-refractivity contribution < 1.29 is 16.5 Å². The molecule has 0 saturated carbocycles. The minimum Gasteiger partial charge on any atom is -0.872 e. The van der Waals surface area contributed by atoms with Crippen molar-refractivity contribution >= 4 is 17.5 Å². The molecule has 1 heterocycles. The van der Waals surface area contributed by atoms with Crippen molar-refractivity contribution in [2.24, 2.45) is 11.7 Å². The second kappa shape index (κ2) is 11.8. The Morgan fingerprint density at radius 1 is 1.24 bits per heavy atom. The first-order valence-corrected chi connectivity index (χ1v) is 8.47. The summed E-state index contributed by atoms with van der Waals surface area (Å²) < 4.78 is 0. The van der Waals surface area contributed by atoms with Crippen LogP contribution in [0, 0.1) is 37.7 Å². The molecule has 2 atom stereocenters. The number of benzene rings is 1. The van der Waals surface area contributed by atoms with Crippen LogP contribution in [0.3, 0.4) is 0 Å². The molecule has 3 rings (SSSR count). The molecule has 136 valence electrons. The van der Waals surface area contributed by atoms with Gasteiger partial charge in [-0.15, -0.1) is 24.3 Å². The number of nitrogens with zero attached hydrogens (tertiary/aromatic N) is 2. The summed E-state index contributed by atoms with van der Waals surface area (Å²) in [6.45, 7) is 5.30. The van der Waals surface area contributed by atoms with Gasteiger partial charge in [0.25, 0.3) is 0 Å². The maximum atomic E-state index is 8.90. The maximum absolute atomic E-state index is 8.90. The van der Waals surface area contributed by atoms with Crippen LogP contribution in [0.25, 0.3) is 5.41 Å². The van der Waals surface area contributed by atoms with Gasteiger partial charge in [-0.25, -0.2) is 12.2 Å². The van der Waals surface area contributed by atoms with Gasteiger partial charge in [0.15, 0.2) is 0 Å². The molecular weight excluding hydrogens is 373 g/mol. The molecule has 0 bridgehead atoms. The molecule has 1 unspecified atom stereocenters. The molecule has 0 spiro atoms. The van der Waals surface area contributed by atoms with Crippen molar-refractivity contribution in [2.75, 3.05) is 11.5 Å². The smallest absolute Gasteiger partial charge is 0.0856 e. The third kappa shape index (κ3) is 7.36. The zero-order valence-electron chi connectivity index (χ0n) is 14.0. The molecule has 0 amide bonds. The van der Waals surface area contributed by atoms with Crippen LogP contribution in [0.5, 0.6) is 0 Å². The molecule has 25 heavy (non-hydrogen) atoms. The molecule has 5 heteroatoms. The quantitative estimate of drug-likeness (QED) is 0.614. The molecule has 1 aliphatic heterocycles. The van der Waals surface area contributed by atoms with Crippen LogP contribution in [0.2, 0.25) is 0 Å². The van der Waals surface area contributed by atoms with E-state index in [4.69, 9.17) is 23.0 Å². The second-order valence-electron chi connectivity index (χ2n) is 5.33. The average molecular weight is 394 g/mol. The number of thioether (sulfide) groups is 1. The van der Waals surface area contributed by atoms with Crippen LogP contribution < -0.4 is 5.73 Å². The van der Waals surface area contributed by atoms with Gasteiger partial charge in [-0.05, 0) is 17.2 Å². The first-order chi connectivity index (χ1) is 11.1. The molecule has 2 N–H and O–H groups in total. The molecule has 0 radical (unpaired) electrons. The van der Waals surface area contributed by atoms with Crippen LogP contribution in [-0.2, 0) is 16.5 Å². The van der Waals surface area contributed by atoms with Crippen molar-refractivity contribution in [3.63, 3.8) is 0 Å². The van der Waals surface area contributed by atoms with Gasteiger partial charge in [-0.3, -0.25) is 5.71 Å². The Bertz CT molecular complexity index is 674. The first-order valence-electron chi connectivity index (χ1n) is 7.32. The number of allylic oxidation sites excluding steroid dienone is 5. The molecule has 1 aromatic rings. The summed E-state index contributed by atoms with van der Waals surface area (Å²) in [5.41, 5.74) is 7.97. The minimum atomic E-state index is 0. The topological polar surface area (TPSA) is 72.1 Å². The van der Waals surface area contributed by atoms with E-state index in [-0.39, 0.29) is 35.2 Å². The van der Waals surface area contributed by atoms with Gasteiger partial charge in [0, 0.05) is 28.3 Å². The fraction of sp³-hybridized carbons (Fsp3) is 0.200. The Morgan fingerprint density at radius 3 is 2.44 bits per heavy atom. The number of rotatable bonds is 2. The third-order valence-corrected chi connectivity index (χ3v) is 4.77. The van der Waals surface area contributed by atoms with E-state index >= 15 is 0 Å². The standard InChI is InChI=1S/C11H14NS.C8H4N2.CH3.Ni/c12-11-8-13-7-10(11)6-9-4-2-1-3-5-9;1-6-4-7(5-9)2-3-8(6)10;;/h1-6,10-11H,7-8,12H2;1-4H;1H3;/q-1;-2;-1;/t10?,11-;;;/m0.../s1.